The quantitative estimate of drug-likeness (QED) is 0.0702. The molecule has 1 amide bonds. The summed E-state index contributed by atoms with van der Waals surface area (Å²) in [5.74, 6) is 1.85. The number of H-pyrrole nitrogens is 3. The van der Waals surface area contributed by atoms with E-state index >= 15 is 0 Å². The monoisotopic (exact) mass is 1010 g/mol. The number of rotatable bonds is 12. The molecule has 1 saturated carbocycles. The standard InChI is InChI=1S/C56H58N12O7/c1-27(2)50(55(72)67-24-33(69)19-43(67)52-59-41-5-4-6-44(70)49(41)61-52)68-25-39-35-11-8-29(17-42(35)60-54(71)48(39)65-68)26-74-51-46(45-28(3)7-12-40-38(45)22-58-64-40)36(30-9-10-30)20-37-47(51)62-56(75-34-13-15-73-16-14-34)63-53(37)66-23-31-18-32(66)21-57-31/h4-8,11-12,17,20,22,25,27,30-34,43,50,57,69-70H,9-10,13-16,18-19,21,23-24,26H2,1-3H3,(H,58,64)(H,59,61)(H,60,71)/t31-,32-,33+,43-,50?/m0/s1. The maximum atomic E-state index is 14.7. The van der Waals surface area contributed by atoms with Crippen molar-refractivity contribution < 1.29 is 29.2 Å². The van der Waals surface area contributed by atoms with E-state index in [-0.39, 0.29) is 54.3 Å². The molecule has 0 radical (unpaired) electrons. The highest BCUT2D eigenvalue weighted by Gasteiger charge is 2.43. The number of aliphatic hydroxyl groups excluding tert-OH is 1. The molecule has 384 valence electrons. The van der Waals surface area contributed by atoms with E-state index in [1.807, 2.05) is 44.3 Å². The maximum Gasteiger partial charge on any atom is 0.319 e. The number of para-hydroxylation sites is 1. The van der Waals surface area contributed by atoms with E-state index in [1.54, 1.807) is 27.9 Å². The first kappa shape index (κ1) is 46.0. The van der Waals surface area contributed by atoms with Crippen LogP contribution in [-0.4, -0.2) is 123 Å². The fraction of sp³-hybridized carbons (Fsp3) is 0.411. The molecule has 5 aliphatic rings. The van der Waals surface area contributed by atoms with Crippen LogP contribution in [0.15, 0.2) is 71.8 Å². The Labute approximate surface area is 429 Å². The minimum absolute atomic E-state index is 0.0272. The fourth-order valence-corrected chi connectivity index (χ4v) is 12.5. The Morgan fingerprint density at radius 3 is 2.53 bits per heavy atom. The molecule has 75 heavy (non-hydrogen) atoms. The molecule has 5 aromatic heterocycles. The highest BCUT2D eigenvalue weighted by atomic mass is 16.5. The fourth-order valence-electron chi connectivity index (χ4n) is 12.5. The number of benzene rings is 4. The van der Waals surface area contributed by atoms with Gasteiger partial charge in [-0.3, -0.25) is 19.4 Å². The second kappa shape index (κ2) is 17.8. The van der Waals surface area contributed by atoms with Crippen molar-refractivity contribution in [1.82, 2.24) is 55.1 Å². The zero-order valence-corrected chi connectivity index (χ0v) is 42.0. The molecule has 2 bridgehead atoms. The van der Waals surface area contributed by atoms with Gasteiger partial charge in [0.25, 0.3) is 5.56 Å². The predicted molar refractivity (Wildman–Crippen MR) is 282 cm³/mol. The summed E-state index contributed by atoms with van der Waals surface area (Å²) >= 11 is 0. The van der Waals surface area contributed by atoms with Crippen molar-refractivity contribution in [2.24, 2.45) is 5.92 Å². The number of aryl methyl sites for hydroxylation is 1. The molecule has 1 unspecified atom stereocenters. The van der Waals surface area contributed by atoms with Crippen molar-refractivity contribution in [2.45, 2.75) is 108 Å². The number of fused-ring (bicyclic) bond motifs is 8. The number of pyridine rings is 1. The number of phenols is 1. The zero-order valence-electron chi connectivity index (χ0n) is 42.0. The smallest absolute Gasteiger partial charge is 0.319 e. The largest absolute Gasteiger partial charge is 0.506 e. The number of carbonyl (C=O) groups excluding carboxylic acids is 1. The number of piperazine rings is 1. The van der Waals surface area contributed by atoms with Gasteiger partial charge in [0.2, 0.25) is 5.91 Å². The number of ether oxygens (including phenoxy) is 3. The van der Waals surface area contributed by atoms with E-state index in [2.05, 4.69) is 60.5 Å². The van der Waals surface area contributed by atoms with Crippen LogP contribution in [0.2, 0.25) is 0 Å². The lowest BCUT2D eigenvalue weighted by molar-refractivity contribution is -0.137. The minimum Gasteiger partial charge on any atom is -0.506 e. The molecule has 0 spiro atoms. The third kappa shape index (κ3) is 7.84. The summed E-state index contributed by atoms with van der Waals surface area (Å²) in [6.45, 7) is 9.24. The minimum atomic E-state index is -0.804. The van der Waals surface area contributed by atoms with Crippen LogP contribution >= 0.6 is 0 Å². The Bertz CT molecular complexity index is 3820. The summed E-state index contributed by atoms with van der Waals surface area (Å²) in [6.07, 6.45) is 7.77. The number of nitrogens with one attached hydrogen (secondary N) is 4. The molecule has 4 aromatic carbocycles. The van der Waals surface area contributed by atoms with Gasteiger partial charge in [0.15, 0.2) is 11.3 Å². The maximum absolute atomic E-state index is 14.7. The van der Waals surface area contributed by atoms with E-state index < -0.39 is 18.2 Å². The number of phenolic OH excluding ortho intramolecular Hbond substituents is 1. The number of aromatic nitrogens is 9. The Kier molecular flexibility index (Phi) is 10.9. The molecule has 1 aliphatic carbocycles. The third-order valence-corrected chi connectivity index (χ3v) is 16.3. The number of likely N-dealkylation sites (tertiary alicyclic amines) is 1. The second-order valence-electron chi connectivity index (χ2n) is 21.7. The van der Waals surface area contributed by atoms with Crippen molar-refractivity contribution in [2.75, 3.05) is 37.7 Å². The third-order valence-electron chi connectivity index (χ3n) is 16.3. The highest BCUT2D eigenvalue weighted by molar-refractivity contribution is 6.07. The Hall–Kier alpha value is -7.61. The molecule has 4 aliphatic heterocycles. The van der Waals surface area contributed by atoms with Crippen LogP contribution in [0.1, 0.15) is 92.9 Å². The lowest BCUT2D eigenvalue weighted by Crippen LogP contribution is -2.44. The number of aromatic amines is 3. The van der Waals surface area contributed by atoms with E-state index in [9.17, 15) is 19.8 Å². The Morgan fingerprint density at radius 2 is 1.75 bits per heavy atom. The molecule has 19 heteroatoms. The van der Waals surface area contributed by atoms with Crippen molar-refractivity contribution in [1.29, 1.82) is 0 Å². The first-order valence-corrected chi connectivity index (χ1v) is 26.4. The SMILES string of the molecule is Cc1ccc2[nH]ncc2c1-c1c(C2CC2)cc2c(N3C[C@@H]4C[C@H]3CN4)nc(OC3CCOCC3)nc2c1OCc1ccc2c(c1)[nH]c(=O)c1nn(C(C(=O)N3C[C@H](O)C[C@H]3c3nc4c(O)cccc4[nH]3)C(C)C)cc12. The van der Waals surface area contributed by atoms with Crippen LogP contribution in [0.5, 0.6) is 17.5 Å². The number of imidazole rings is 1. The van der Waals surface area contributed by atoms with Gasteiger partial charge in [0, 0.05) is 89.8 Å². The summed E-state index contributed by atoms with van der Waals surface area (Å²) in [5, 5.41) is 40.9. The number of nitrogens with zero attached hydrogens (tertiary/aromatic N) is 8. The number of aromatic hydroxyl groups is 1. The van der Waals surface area contributed by atoms with Crippen LogP contribution in [0.25, 0.3) is 65.8 Å². The summed E-state index contributed by atoms with van der Waals surface area (Å²) in [4.78, 5) is 54.5. The van der Waals surface area contributed by atoms with Gasteiger partial charge < -0.3 is 49.5 Å². The molecule has 19 nitrogen and oxygen atoms in total. The van der Waals surface area contributed by atoms with Crippen molar-refractivity contribution in [3.05, 3.63) is 99.9 Å². The average molecular weight is 1010 g/mol. The van der Waals surface area contributed by atoms with Gasteiger partial charge in [-0.05, 0) is 90.6 Å². The average Bonchev–Trinajstić information content (AvgIpc) is 4.06. The molecular formula is C56H58N12O7. The highest BCUT2D eigenvalue weighted by Crippen LogP contribution is 2.53. The van der Waals surface area contributed by atoms with Crippen LogP contribution in [0, 0.1) is 12.8 Å². The lowest BCUT2D eigenvalue weighted by atomic mass is 9.89. The number of aliphatic hydroxyl groups is 1. The van der Waals surface area contributed by atoms with E-state index in [4.69, 9.17) is 29.3 Å². The molecule has 6 N–H and O–H groups in total. The predicted octanol–water partition coefficient (Wildman–Crippen LogP) is 7.35. The number of anilines is 1. The van der Waals surface area contributed by atoms with E-state index in [0.29, 0.717) is 76.3 Å². The lowest BCUT2D eigenvalue weighted by Gasteiger charge is -2.31. The van der Waals surface area contributed by atoms with Gasteiger partial charge >= 0.3 is 6.01 Å². The van der Waals surface area contributed by atoms with E-state index in [0.717, 1.165) is 94.9 Å². The molecule has 14 rings (SSSR count). The molecular weight excluding hydrogens is 953 g/mol. The topological polar surface area (TPSA) is 238 Å². The molecule has 9 aromatic rings. The Morgan fingerprint density at radius 1 is 0.880 bits per heavy atom. The zero-order chi connectivity index (χ0) is 50.8. The van der Waals surface area contributed by atoms with Crippen LogP contribution in [0.3, 0.4) is 0 Å². The number of hydrogen-bond donors (Lipinski definition) is 6. The molecule has 5 atom stereocenters. The molecule has 5 fully saturated rings. The van der Waals surface area contributed by atoms with Crippen LogP contribution in [-0.2, 0) is 16.1 Å². The number of carbonyl (C=O) groups is 1. The van der Waals surface area contributed by atoms with Crippen molar-refractivity contribution >= 4 is 66.4 Å². The number of β-amino-alcohol motifs (C(OH)–C–C–N with tert-alkyl or cyclic N) is 1. The summed E-state index contributed by atoms with van der Waals surface area (Å²) in [6, 6.07) is 17.2. The van der Waals surface area contributed by atoms with Gasteiger partial charge in [-0.25, -0.2) is 4.98 Å². The van der Waals surface area contributed by atoms with Gasteiger partial charge in [-0.1, -0.05) is 38.1 Å². The van der Waals surface area contributed by atoms with Crippen LogP contribution < -0.4 is 25.2 Å². The molecule has 9 heterocycles. The summed E-state index contributed by atoms with van der Waals surface area (Å²) in [5.41, 5.74) is 8.21. The van der Waals surface area contributed by atoms with Crippen molar-refractivity contribution in [3.8, 4) is 28.6 Å². The van der Waals surface area contributed by atoms with Crippen LogP contribution in [0.4, 0.5) is 5.82 Å². The molecule has 4 saturated heterocycles. The van der Waals surface area contributed by atoms with Gasteiger partial charge in [0.1, 0.15) is 47.2 Å². The number of amides is 1. The van der Waals surface area contributed by atoms with E-state index in [1.165, 1.54) is 5.56 Å². The normalized spacial score (nSPS) is 21.6. The first-order chi connectivity index (χ1) is 36.5. The summed E-state index contributed by atoms with van der Waals surface area (Å²) in [7, 11) is 0. The first-order valence-electron chi connectivity index (χ1n) is 26.4. The van der Waals surface area contributed by atoms with Gasteiger partial charge in [-0.15, -0.1) is 0 Å². The van der Waals surface area contributed by atoms with Crippen molar-refractivity contribution in [3.63, 3.8) is 0 Å². The van der Waals surface area contributed by atoms with Gasteiger partial charge in [-0.2, -0.15) is 20.2 Å². The van der Waals surface area contributed by atoms with Gasteiger partial charge in [0.05, 0.1) is 42.6 Å². The number of hydrogen-bond acceptors (Lipinski definition) is 14. The second-order valence-corrected chi connectivity index (χ2v) is 21.7. The summed E-state index contributed by atoms with van der Waals surface area (Å²) < 4.78 is 21.3. The Balaban J connectivity index is 0.852.